The monoisotopic (exact) mass is 353 g/mol. The van der Waals surface area contributed by atoms with E-state index in [1.54, 1.807) is 0 Å². The highest BCUT2D eigenvalue weighted by molar-refractivity contribution is 9.10. The Morgan fingerprint density at radius 2 is 2.14 bits per heavy atom. The van der Waals surface area contributed by atoms with Gasteiger partial charge in [-0.2, -0.15) is 0 Å². The van der Waals surface area contributed by atoms with Crippen molar-refractivity contribution in [2.24, 2.45) is 11.8 Å². The van der Waals surface area contributed by atoms with Crippen LogP contribution in [0.5, 0.6) is 0 Å². The van der Waals surface area contributed by atoms with E-state index in [-0.39, 0.29) is 0 Å². The molecular weight excluding hydrogens is 326 g/mol. The van der Waals surface area contributed by atoms with Gasteiger partial charge in [0.15, 0.2) is 0 Å². The van der Waals surface area contributed by atoms with Crippen LogP contribution in [0, 0.1) is 11.8 Å². The maximum atomic E-state index is 4.74. The maximum Gasteiger partial charge on any atom is 0.133 e. The molecule has 0 radical (unpaired) electrons. The molecule has 0 spiro atoms. The summed E-state index contributed by atoms with van der Waals surface area (Å²) in [5.41, 5.74) is 1.30. The molecule has 1 aromatic heterocycles. The predicted octanol–water partition coefficient (Wildman–Crippen LogP) is 4.21. The third-order valence-electron chi connectivity index (χ3n) is 4.52. The topological polar surface area (TPSA) is 28.2 Å². The Morgan fingerprint density at radius 3 is 2.86 bits per heavy atom. The third kappa shape index (κ3) is 4.19. The number of rotatable bonds is 5. The van der Waals surface area contributed by atoms with E-state index in [1.165, 1.54) is 12.0 Å². The molecule has 4 heteroatoms. The molecule has 0 amide bonds. The molecular formula is C17H28BrN3. The van der Waals surface area contributed by atoms with Crippen molar-refractivity contribution in [3.05, 3.63) is 22.3 Å². The van der Waals surface area contributed by atoms with Crippen LogP contribution in [0.2, 0.25) is 0 Å². The van der Waals surface area contributed by atoms with Gasteiger partial charge in [-0.25, -0.2) is 4.98 Å². The fourth-order valence-electron chi connectivity index (χ4n) is 3.26. The van der Waals surface area contributed by atoms with E-state index in [2.05, 4.69) is 59.9 Å². The fraction of sp³-hybridized carbons (Fsp3) is 0.706. The number of halogens is 1. The Labute approximate surface area is 137 Å². The van der Waals surface area contributed by atoms with Crippen molar-refractivity contribution in [3.8, 4) is 0 Å². The van der Waals surface area contributed by atoms with Gasteiger partial charge in [0, 0.05) is 35.4 Å². The first-order valence-corrected chi connectivity index (χ1v) is 8.94. The van der Waals surface area contributed by atoms with Gasteiger partial charge in [-0.15, -0.1) is 0 Å². The minimum absolute atomic E-state index is 0.555. The normalized spacial score (nSPS) is 26.1. The number of piperidine rings is 1. The molecule has 1 saturated heterocycles. The Balaban J connectivity index is 2.24. The summed E-state index contributed by atoms with van der Waals surface area (Å²) in [4.78, 5) is 7.25. The molecule has 1 aromatic rings. The largest absolute Gasteiger partial charge is 0.353 e. The number of aromatic nitrogens is 1. The van der Waals surface area contributed by atoms with Crippen molar-refractivity contribution in [3.63, 3.8) is 0 Å². The molecule has 1 aliphatic heterocycles. The fourth-order valence-corrected chi connectivity index (χ4v) is 3.64. The molecule has 0 saturated carbocycles. The van der Waals surface area contributed by atoms with Gasteiger partial charge in [-0.3, -0.25) is 0 Å². The van der Waals surface area contributed by atoms with Gasteiger partial charge in [0.1, 0.15) is 5.82 Å². The SMILES string of the molecule is CCCNCc1cc(Br)cnc1N1CC(C)CC(C)C1C. The van der Waals surface area contributed by atoms with Gasteiger partial charge in [0.25, 0.3) is 0 Å². The summed E-state index contributed by atoms with van der Waals surface area (Å²) < 4.78 is 1.06. The molecule has 21 heavy (non-hydrogen) atoms. The molecule has 0 aliphatic carbocycles. The lowest BCUT2D eigenvalue weighted by atomic mass is 9.86. The molecule has 2 heterocycles. The van der Waals surface area contributed by atoms with Crippen LogP contribution in [0.25, 0.3) is 0 Å². The second-order valence-corrected chi connectivity index (χ2v) is 7.44. The average Bonchev–Trinajstić information content (AvgIpc) is 2.44. The first kappa shape index (κ1) is 16.8. The van der Waals surface area contributed by atoms with E-state index in [0.717, 1.165) is 48.2 Å². The van der Waals surface area contributed by atoms with Crippen LogP contribution in [-0.2, 0) is 6.54 Å². The molecule has 1 N–H and O–H groups in total. The standard InChI is InChI=1S/C17H28BrN3/c1-5-6-19-9-15-8-16(18)10-20-17(15)21-11-12(2)7-13(3)14(21)4/h8,10,12-14,19H,5-7,9,11H2,1-4H3. The first-order chi connectivity index (χ1) is 10.0. The zero-order valence-electron chi connectivity index (χ0n) is 13.7. The molecule has 118 valence electrons. The van der Waals surface area contributed by atoms with E-state index in [1.807, 2.05) is 6.20 Å². The van der Waals surface area contributed by atoms with Crippen molar-refractivity contribution >= 4 is 21.7 Å². The molecule has 1 fully saturated rings. The highest BCUT2D eigenvalue weighted by atomic mass is 79.9. The summed E-state index contributed by atoms with van der Waals surface area (Å²) >= 11 is 3.56. The van der Waals surface area contributed by atoms with Crippen LogP contribution in [-0.4, -0.2) is 24.1 Å². The van der Waals surface area contributed by atoms with Crippen LogP contribution >= 0.6 is 15.9 Å². The predicted molar refractivity (Wildman–Crippen MR) is 93.7 cm³/mol. The van der Waals surface area contributed by atoms with Gasteiger partial charge in [0.05, 0.1) is 0 Å². The maximum absolute atomic E-state index is 4.74. The van der Waals surface area contributed by atoms with Crippen molar-refractivity contribution in [1.29, 1.82) is 0 Å². The van der Waals surface area contributed by atoms with Crippen molar-refractivity contribution in [1.82, 2.24) is 10.3 Å². The van der Waals surface area contributed by atoms with Gasteiger partial charge < -0.3 is 10.2 Å². The number of nitrogens with zero attached hydrogens (tertiary/aromatic N) is 2. The summed E-state index contributed by atoms with van der Waals surface area (Å²) in [6.45, 7) is 12.3. The van der Waals surface area contributed by atoms with Crippen molar-refractivity contribution in [2.75, 3.05) is 18.0 Å². The highest BCUT2D eigenvalue weighted by Gasteiger charge is 2.30. The molecule has 3 atom stereocenters. The highest BCUT2D eigenvalue weighted by Crippen LogP contribution is 2.32. The van der Waals surface area contributed by atoms with E-state index >= 15 is 0 Å². The van der Waals surface area contributed by atoms with E-state index in [4.69, 9.17) is 4.98 Å². The number of pyridine rings is 1. The van der Waals surface area contributed by atoms with Crippen LogP contribution < -0.4 is 10.2 Å². The minimum atomic E-state index is 0.555. The number of anilines is 1. The summed E-state index contributed by atoms with van der Waals surface area (Å²) in [6.07, 6.45) is 4.40. The molecule has 3 nitrogen and oxygen atoms in total. The number of nitrogens with one attached hydrogen (secondary N) is 1. The van der Waals surface area contributed by atoms with Gasteiger partial charge >= 0.3 is 0 Å². The van der Waals surface area contributed by atoms with Gasteiger partial charge in [0.2, 0.25) is 0 Å². The lowest BCUT2D eigenvalue weighted by Crippen LogP contribution is -2.46. The Kier molecular flexibility index (Phi) is 6.06. The summed E-state index contributed by atoms with van der Waals surface area (Å²) in [5, 5.41) is 3.51. The van der Waals surface area contributed by atoms with Crippen LogP contribution in [0.4, 0.5) is 5.82 Å². The lowest BCUT2D eigenvalue weighted by molar-refractivity contribution is 0.295. The van der Waals surface area contributed by atoms with Crippen LogP contribution in [0.1, 0.15) is 46.1 Å². The Morgan fingerprint density at radius 1 is 1.38 bits per heavy atom. The van der Waals surface area contributed by atoms with Crippen molar-refractivity contribution < 1.29 is 0 Å². The van der Waals surface area contributed by atoms with Gasteiger partial charge in [-0.05, 0) is 60.1 Å². The second kappa shape index (κ2) is 7.59. The van der Waals surface area contributed by atoms with Crippen LogP contribution in [0.15, 0.2) is 16.7 Å². The number of hydrogen-bond acceptors (Lipinski definition) is 3. The first-order valence-electron chi connectivity index (χ1n) is 8.14. The smallest absolute Gasteiger partial charge is 0.133 e. The minimum Gasteiger partial charge on any atom is -0.353 e. The molecule has 3 unspecified atom stereocenters. The zero-order valence-corrected chi connectivity index (χ0v) is 15.3. The molecule has 0 bridgehead atoms. The molecule has 1 aliphatic rings. The zero-order chi connectivity index (χ0) is 15.4. The second-order valence-electron chi connectivity index (χ2n) is 6.52. The summed E-state index contributed by atoms with van der Waals surface area (Å²) in [5.74, 6) is 2.61. The third-order valence-corrected chi connectivity index (χ3v) is 4.96. The average molecular weight is 354 g/mol. The van der Waals surface area contributed by atoms with Gasteiger partial charge in [-0.1, -0.05) is 20.8 Å². The Bertz CT molecular complexity index is 463. The van der Waals surface area contributed by atoms with Crippen LogP contribution in [0.3, 0.4) is 0 Å². The Hall–Kier alpha value is -0.610. The molecule has 0 aromatic carbocycles. The quantitative estimate of drug-likeness (QED) is 0.803. The summed E-state index contributed by atoms with van der Waals surface area (Å²) in [6, 6.07) is 2.77. The number of hydrogen-bond donors (Lipinski definition) is 1. The van der Waals surface area contributed by atoms with E-state index in [9.17, 15) is 0 Å². The van der Waals surface area contributed by atoms with Crippen molar-refractivity contribution in [2.45, 2.75) is 53.1 Å². The van der Waals surface area contributed by atoms with E-state index in [0.29, 0.717) is 6.04 Å². The summed E-state index contributed by atoms with van der Waals surface area (Å²) in [7, 11) is 0. The van der Waals surface area contributed by atoms with E-state index < -0.39 is 0 Å². The lowest BCUT2D eigenvalue weighted by Gasteiger charge is -2.42. The molecule has 2 rings (SSSR count).